The number of rotatable bonds is 10. The third kappa shape index (κ3) is 6.75. The fourth-order valence-electron chi connectivity index (χ4n) is 4.52. The van der Waals surface area contributed by atoms with Crippen molar-refractivity contribution in [3.63, 3.8) is 0 Å². The molecule has 7 heteroatoms. The lowest BCUT2D eigenvalue weighted by molar-refractivity contribution is -0.282. The van der Waals surface area contributed by atoms with Gasteiger partial charge >= 0.3 is 6.11 Å². The molecule has 0 aliphatic heterocycles. The molecule has 1 saturated carbocycles. The molecule has 1 aliphatic carbocycles. The predicted octanol–water partition coefficient (Wildman–Crippen LogP) is 8.78. The number of alkyl halides is 3. The lowest BCUT2D eigenvalue weighted by atomic mass is 9.77. The molecule has 0 N–H and O–H groups in total. The molecule has 2 aromatic rings. The van der Waals surface area contributed by atoms with Crippen molar-refractivity contribution in [1.82, 2.24) is 0 Å². The summed E-state index contributed by atoms with van der Waals surface area (Å²) in [5.74, 6) is -4.09. The molecule has 1 unspecified atom stereocenters. The maximum absolute atomic E-state index is 14.2. The Morgan fingerprint density at radius 3 is 2.12 bits per heavy atom. The van der Waals surface area contributed by atoms with E-state index in [0.717, 1.165) is 24.3 Å². The zero-order chi connectivity index (χ0) is 24.0. The van der Waals surface area contributed by atoms with Gasteiger partial charge < -0.3 is 4.74 Å². The highest BCUT2D eigenvalue weighted by Gasteiger charge is 2.43. The standard InChI is InChI=1S/C26H30F6O/c1-2-3-4-5-17-6-10-19(11-7-17)20-12-8-18(9-13-20)16-33-26(31,32)25(30)21-14-22(27)24(29)23(28)15-21/h8-9,12-15,17,19,25H,2-7,10-11,16H2,1H3. The van der Waals surface area contributed by atoms with Crippen LogP contribution in [0.4, 0.5) is 26.3 Å². The molecule has 1 fully saturated rings. The van der Waals surface area contributed by atoms with Crippen molar-refractivity contribution in [3.05, 3.63) is 70.5 Å². The van der Waals surface area contributed by atoms with Crippen molar-refractivity contribution in [2.24, 2.45) is 5.92 Å². The second-order valence-corrected chi connectivity index (χ2v) is 8.97. The molecule has 0 saturated heterocycles. The van der Waals surface area contributed by atoms with Crippen molar-refractivity contribution >= 4 is 0 Å². The van der Waals surface area contributed by atoms with Crippen LogP contribution in [0.15, 0.2) is 36.4 Å². The van der Waals surface area contributed by atoms with E-state index < -0.39 is 41.9 Å². The van der Waals surface area contributed by atoms with Gasteiger partial charge in [-0.25, -0.2) is 17.6 Å². The molecule has 182 valence electrons. The van der Waals surface area contributed by atoms with Gasteiger partial charge in [0.2, 0.25) is 6.17 Å². The zero-order valence-electron chi connectivity index (χ0n) is 18.7. The average molecular weight is 473 g/mol. The molecule has 1 aliphatic rings. The molecule has 3 rings (SSSR count). The molecular formula is C26H30F6O. The third-order valence-corrected chi connectivity index (χ3v) is 6.54. The molecular weight excluding hydrogens is 442 g/mol. The molecule has 0 bridgehead atoms. The zero-order valence-corrected chi connectivity index (χ0v) is 18.7. The summed E-state index contributed by atoms with van der Waals surface area (Å²) in [6, 6.07) is 7.51. The van der Waals surface area contributed by atoms with Gasteiger partial charge in [-0.05, 0) is 60.8 Å². The van der Waals surface area contributed by atoms with Crippen LogP contribution in [0.1, 0.15) is 87.1 Å². The molecule has 2 aromatic carbocycles. The Labute approximate surface area is 191 Å². The van der Waals surface area contributed by atoms with E-state index in [1.807, 2.05) is 12.1 Å². The predicted molar refractivity (Wildman–Crippen MR) is 115 cm³/mol. The van der Waals surface area contributed by atoms with Gasteiger partial charge in [-0.1, -0.05) is 56.9 Å². The molecule has 0 heterocycles. The first-order chi connectivity index (χ1) is 15.7. The van der Waals surface area contributed by atoms with Crippen LogP contribution in [0.3, 0.4) is 0 Å². The van der Waals surface area contributed by atoms with E-state index in [9.17, 15) is 26.3 Å². The molecule has 0 radical (unpaired) electrons. The number of hydrogen-bond donors (Lipinski definition) is 0. The van der Waals surface area contributed by atoms with Crippen LogP contribution in [0, 0.1) is 23.4 Å². The highest BCUT2D eigenvalue weighted by atomic mass is 19.3. The van der Waals surface area contributed by atoms with Crippen LogP contribution in [0.5, 0.6) is 0 Å². The Balaban J connectivity index is 1.52. The highest BCUT2D eigenvalue weighted by molar-refractivity contribution is 5.26. The van der Waals surface area contributed by atoms with Gasteiger partial charge in [0.15, 0.2) is 17.5 Å². The topological polar surface area (TPSA) is 9.23 Å². The Morgan fingerprint density at radius 2 is 1.55 bits per heavy atom. The first-order valence-corrected chi connectivity index (χ1v) is 11.6. The molecule has 1 atom stereocenters. The van der Waals surface area contributed by atoms with E-state index in [1.54, 1.807) is 12.1 Å². The van der Waals surface area contributed by atoms with Gasteiger partial charge in [-0.3, -0.25) is 0 Å². The normalized spacial score (nSPS) is 20.1. The largest absolute Gasteiger partial charge is 0.391 e. The minimum atomic E-state index is -4.34. The van der Waals surface area contributed by atoms with E-state index in [1.165, 1.54) is 38.5 Å². The van der Waals surface area contributed by atoms with Crippen LogP contribution in [0.2, 0.25) is 0 Å². The van der Waals surface area contributed by atoms with Crippen molar-refractivity contribution in [1.29, 1.82) is 0 Å². The summed E-state index contributed by atoms with van der Waals surface area (Å²) in [4.78, 5) is 0. The van der Waals surface area contributed by atoms with E-state index in [2.05, 4.69) is 11.7 Å². The highest BCUT2D eigenvalue weighted by Crippen LogP contribution is 2.39. The van der Waals surface area contributed by atoms with E-state index in [0.29, 0.717) is 11.5 Å². The van der Waals surface area contributed by atoms with Gasteiger partial charge in [-0.15, -0.1) is 0 Å². The quantitative estimate of drug-likeness (QED) is 0.191. The van der Waals surface area contributed by atoms with Gasteiger partial charge in [0.1, 0.15) is 0 Å². The molecule has 0 aromatic heterocycles. The van der Waals surface area contributed by atoms with Gasteiger partial charge in [0.25, 0.3) is 0 Å². The third-order valence-electron chi connectivity index (χ3n) is 6.54. The van der Waals surface area contributed by atoms with Crippen LogP contribution >= 0.6 is 0 Å². The van der Waals surface area contributed by atoms with Crippen molar-refractivity contribution in [2.75, 3.05) is 0 Å². The molecule has 0 spiro atoms. The maximum Gasteiger partial charge on any atom is 0.391 e. The summed E-state index contributed by atoms with van der Waals surface area (Å²) in [5.41, 5.74) is 0.547. The summed E-state index contributed by atoms with van der Waals surface area (Å²) >= 11 is 0. The van der Waals surface area contributed by atoms with Gasteiger partial charge in [0, 0.05) is 5.56 Å². The number of ether oxygens (including phenoxy) is 1. The van der Waals surface area contributed by atoms with Crippen LogP contribution in [0.25, 0.3) is 0 Å². The monoisotopic (exact) mass is 472 g/mol. The van der Waals surface area contributed by atoms with Gasteiger partial charge in [-0.2, -0.15) is 8.78 Å². The fraction of sp³-hybridized carbons (Fsp3) is 0.538. The Bertz CT molecular complexity index is 867. The van der Waals surface area contributed by atoms with E-state index >= 15 is 0 Å². The second-order valence-electron chi connectivity index (χ2n) is 8.97. The lowest BCUT2D eigenvalue weighted by Gasteiger charge is -2.29. The molecule has 0 amide bonds. The summed E-state index contributed by atoms with van der Waals surface area (Å²) < 4.78 is 86.4. The Morgan fingerprint density at radius 1 is 0.939 bits per heavy atom. The second kappa shape index (κ2) is 11.4. The van der Waals surface area contributed by atoms with E-state index in [4.69, 9.17) is 0 Å². The van der Waals surface area contributed by atoms with Crippen molar-refractivity contribution in [3.8, 4) is 0 Å². The average Bonchev–Trinajstić information content (AvgIpc) is 2.81. The van der Waals surface area contributed by atoms with Crippen LogP contribution < -0.4 is 0 Å². The summed E-state index contributed by atoms with van der Waals surface area (Å²) in [6.45, 7) is 1.63. The number of benzene rings is 2. The first kappa shape index (κ1) is 25.6. The van der Waals surface area contributed by atoms with Crippen LogP contribution in [-0.4, -0.2) is 6.11 Å². The van der Waals surface area contributed by atoms with Crippen molar-refractivity contribution in [2.45, 2.75) is 83.1 Å². The first-order valence-electron chi connectivity index (χ1n) is 11.6. The summed E-state index contributed by atoms with van der Waals surface area (Å²) in [7, 11) is 0. The Kier molecular flexibility index (Phi) is 8.85. The summed E-state index contributed by atoms with van der Waals surface area (Å²) in [5, 5.41) is 0. The fourth-order valence-corrected chi connectivity index (χ4v) is 4.52. The summed E-state index contributed by atoms with van der Waals surface area (Å²) in [6.07, 6.45) is 2.23. The number of hydrogen-bond acceptors (Lipinski definition) is 1. The minimum Gasteiger partial charge on any atom is -0.313 e. The number of unbranched alkanes of at least 4 members (excludes halogenated alkanes) is 2. The molecule has 33 heavy (non-hydrogen) atoms. The smallest absolute Gasteiger partial charge is 0.313 e. The lowest BCUT2D eigenvalue weighted by Crippen LogP contribution is -2.27. The van der Waals surface area contributed by atoms with Crippen molar-refractivity contribution < 1.29 is 31.1 Å². The maximum atomic E-state index is 14.2. The Hall–Kier alpha value is -2.02. The van der Waals surface area contributed by atoms with Gasteiger partial charge in [0.05, 0.1) is 6.61 Å². The SMILES string of the molecule is CCCCCC1CCC(c2ccc(COC(F)(F)C(F)c3cc(F)c(F)c(F)c3)cc2)CC1. The minimum absolute atomic E-state index is 0.202. The van der Waals surface area contributed by atoms with Crippen LogP contribution in [-0.2, 0) is 11.3 Å². The van der Waals surface area contributed by atoms with E-state index in [-0.39, 0.29) is 12.1 Å². The number of halogens is 6. The molecule has 1 nitrogen and oxygen atoms in total.